The number of benzene rings is 1. The second-order valence-corrected chi connectivity index (χ2v) is 4.25. The van der Waals surface area contributed by atoms with Gasteiger partial charge in [0, 0.05) is 11.6 Å². The van der Waals surface area contributed by atoms with Crippen molar-refractivity contribution in [3.05, 3.63) is 29.3 Å². The van der Waals surface area contributed by atoms with E-state index in [1.54, 1.807) is 0 Å². The van der Waals surface area contributed by atoms with Gasteiger partial charge >= 0.3 is 0 Å². The van der Waals surface area contributed by atoms with Crippen LogP contribution < -0.4 is 10.5 Å². The molecule has 5 heteroatoms. The van der Waals surface area contributed by atoms with Crippen molar-refractivity contribution in [2.75, 3.05) is 7.11 Å². The lowest BCUT2D eigenvalue weighted by Gasteiger charge is -2.18. The first-order chi connectivity index (χ1) is 8.04. The van der Waals surface area contributed by atoms with Crippen LogP contribution in [0.15, 0.2) is 12.1 Å². The molecule has 0 radical (unpaired) electrons. The summed E-state index contributed by atoms with van der Waals surface area (Å²) in [5.74, 6) is -1.48. The van der Waals surface area contributed by atoms with E-state index in [1.165, 1.54) is 7.11 Å². The van der Waals surface area contributed by atoms with Crippen molar-refractivity contribution in [1.29, 1.82) is 5.26 Å². The summed E-state index contributed by atoms with van der Waals surface area (Å²) in [5.41, 5.74) is 5.13. The van der Waals surface area contributed by atoms with Crippen LogP contribution in [0.3, 0.4) is 0 Å². The SMILES string of the molecule is COc1cc(F)c(C(N)C2(C#N)CC2)cc1F. The standard InChI is InChI=1S/C12H12F2N2O/c1-17-10-5-8(13)7(4-9(10)14)11(16)12(6-15)2-3-12/h4-5,11H,2-3,16H2,1H3. The van der Waals surface area contributed by atoms with Crippen LogP contribution in [0.2, 0.25) is 0 Å². The van der Waals surface area contributed by atoms with Crippen LogP contribution in [-0.4, -0.2) is 7.11 Å². The van der Waals surface area contributed by atoms with Crippen LogP contribution in [0.1, 0.15) is 24.4 Å². The van der Waals surface area contributed by atoms with Crippen LogP contribution >= 0.6 is 0 Å². The van der Waals surface area contributed by atoms with Gasteiger partial charge in [-0.05, 0) is 18.9 Å². The first-order valence-corrected chi connectivity index (χ1v) is 5.24. The van der Waals surface area contributed by atoms with Crippen molar-refractivity contribution in [3.8, 4) is 11.8 Å². The lowest BCUT2D eigenvalue weighted by atomic mass is 9.91. The maximum atomic E-state index is 13.7. The van der Waals surface area contributed by atoms with Gasteiger partial charge in [0.25, 0.3) is 0 Å². The smallest absolute Gasteiger partial charge is 0.165 e. The van der Waals surface area contributed by atoms with Crippen LogP contribution in [0.25, 0.3) is 0 Å². The molecule has 1 aromatic carbocycles. The van der Waals surface area contributed by atoms with E-state index >= 15 is 0 Å². The van der Waals surface area contributed by atoms with Gasteiger partial charge in [0.15, 0.2) is 11.6 Å². The maximum absolute atomic E-state index is 13.7. The van der Waals surface area contributed by atoms with Gasteiger partial charge in [-0.15, -0.1) is 0 Å². The Morgan fingerprint density at radius 3 is 2.53 bits per heavy atom. The Hall–Kier alpha value is -1.67. The summed E-state index contributed by atoms with van der Waals surface area (Å²) < 4.78 is 31.9. The van der Waals surface area contributed by atoms with E-state index in [1.807, 2.05) is 0 Å². The van der Waals surface area contributed by atoms with Crippen molar-refractivity contribution in [2.24, 2.45) is 11.1 Å². The molecule has 90 valence electrons. The van der Waals surface area contributed by atoms with Crippen molar-refractivity contribution < 1.29 is 13.5 Å². The highest BCUT2D eigenvalue weighted by molar-refractivity contribution is 5.36. The monoisotopic (exact) mass is 238 g/mol. The molecule has 1 unspecified atom stereocenters. The molecule has 1 aliphatic rings. The van der Waals surface area contributed by atoms with Gasteiger partial charge in [-0.1, -0.05) is 0 Å². The number of halogens is 2. The van der Waals surface area contributed by atoms with Gasteiger partial charge in [0.05, 0.1) is 24.6 Å². The molecule has 0 aromatic heterocycles. The molecule has 17 heavy (non-hydrogen) atoms. The van der Waals surface area contributed by atoms with Crippen LogP contribution in [-0.2, 0) is 0 Å². The average Bonchev–Trinajstić information content (AvgIpc) is 3.11. The van der Waals surface area contributed by atoms with Crippen molar-refractivity contribution in [1.82, 2.24) is 0 Å². The topological polar surface area (TPSA) is 59.0 Å². The molecule has 0 bridgehead atoms. The lowest BCUT2D eigenvalue weighted by Crippen LogP contribution is -2.23. The van der Waals surface area contributed by atoms with Gasteiger partial charge in [0.2, 0.25) is 0 Å². The third-order valence-electron chi connectivity index (χ3n) is 3.21. The van der Waals surface area contributed by atoms with Gasteiger partial charge in [-0.25, -0.2) is 8.78 Å². The molecule has 0 saturated heterocycles. The maximum Gasteiger partial charge on any atom is 0.165 e. The Labute approximate surface area is 97.8 Å². The number of nitrogens with zero attached hydrogens (tertiary/aromatic N) is 1. The van der Waals surface area contributed by atoms with Gasteiger partial charge in [-0.3, -0.25) is 0 Å². The second-order valence-electron chi connectivity index (χ2n) is 4.25. The molecular formula is C12H12F2N2O. The van der Waals surface area contributed by atoms with E-state index in [9.17, 15) is 8.78 Å². The van der Waals surface area contributed by atoms with Crippen molar-refractivity contribution >= 4 is 0 Å². The van der Waals surface area contributed by atoms with Gasteiger partial charge in [0.1, 0.15) is 5.82 Å². The zero-order chi connectivity index (χ0) is 12.6. The molecule has 2 N–H and O–H groups in total. The Balaban J connectivity index is 2.40. The molecule has 0 amide bonds. The van der Waals surface area contributed by atoms with Crippen LogP contribution in [0, 0.1) is 28.4 Å². The number of nitriles is 1. The first kappa shape index (κ1) is 11.8. The molecule has 0 heterocycles. The molecule has 0 aliphatic heterocycles. The second kappa shape index (κ2) is 3.97. The summed E-state index contributed by atoms with van der Waals surface area (Å²) in [7, 11) is 1.26. The molecular weight excluding hydrogens is 226 g/mol. The fourth-order valence-electron chi connectivity index (χ4n) is 1.86. The van der Waals surface area contributed by atoms with E-state index in [4.69, 9.17) is 11.0 Å². The first-order valence-electron chi connectivity index (χ1n) is 5.24. The highest BCUT2D eigenvalue weighted by atomic mass is 19.1. The zero-order valence-corrected chi connectivity index (χ0v) is 9.34. The number of hydrogen-bond donors (Lipinski definition) is 1. The molecule has 3 nitrogen and oxygen atoms in total. The molecule has 2 rings (SSSR count). The predicted octanol–water partition coefficient (Wildman–Crippen LogP) is 2.28. The summed E-state index contributed by atoms with van der Waals surface area (Å²) in [4.78, 5) is 0. The summed E-state index contributed by atoms with van der Waals surface area (Å²) >= 11 is 0. The highest BCUT2D eigenvalue weighted by Crippen LogP contribution is 2.53. The molecule has 0 spiro atoms. The van der Waals surface area contributed by atoms with Crippen molar-refractivity contribution in [2.45, 2.75) is 18.9 Å². The molecule has 1 aromatic rings. The number of methoxy groups -OCH3 is 1. The summed E-state index contributed by atoms with van der Waals surface area (Å²) in [6, 6.07) is 3.25. The quantitative estimate of drug-likeness (QED) is 0.878. The minimum atomic E-state index is -0.798. The highest BCUT2D eigenvalue weighted by Gasteiger charge is 2.50. The summed E-state index contributed by atoms with van der Waals surface area (Å²) in [5, 5.41) is 8.98. The molecule has 1 saturated carbocycles. The molecule has 1 aliphatic carbocycles. The van der Waals surface area contributed by atoms with E-state index < -0.39 is 23.1 Å². The number of rotatable bonds is 3. The normalized spacial score (nSPS) is 18.3. The van der Waals surface area contributed by atoms with E-state index in [-0.39, 0.29) is 11.3 Å². The molecule has 1 fully saturated rings. The van der Waals surface area contributed by atoms with E-state index in [2.05, 4.69) is 10.8 Å². The van der Waals surface area contributed by atoms with Gasteiger partial charge < -0.3 is 10.5 Å². The minimum absolute atomic E-state index is 0.0300. The summed E-state index contributed by atoms with van der Waals surface area (Å²) in [6.45, 7) is 0. The Kier molecular flexibility index (Phi) is 2.76. The van der Waals surface area contributed by atoms with Crippen LogP contribution in [0.4, 0.5) is 8.78 Å². The Morgan fingerprint density at radius 1 is 1.41 bits per heavy atom. The number of hydrogen-bond acceptors (Lipinski definition) is 3. The average molecular weight is 238 g/mol. The van der Waals surface area contributed by atoms with E-state index in [0.717, 1.165) is 12.1 Å². The summed E-state index contributed by atoms with van der Waals surface area (Å²) in [6.07, 6.45) is 1.25. The van der Waals surface area contributed by atoms with Crippen LogP contribution in [0.5, 0.6) is 5.75 Å². The number of ether oxygens (including phenoxy) is 1. The molecule has 1 atom stereocenters. The number of nitrogens with two attached hydrogens (primary N) is 1. The lowest BCUT2D eigenvalue weighted by molar-refractivity contribution is 0.379. The van der Waals surface area contributed by atoms with E-state index in [0.29, 0.717) is 12.8 Å². The minimum Gasteiger partial charge on any atom is -0.494 e. The Bertz CT molecular complexity index is 492. The third-order valence-corrected chi connectivity index (χ3v) is 3.21. The fraction of sp³-hybridized carbons (Fsp3) is 0.417. The fourth-order valence-corrected chi connectivity index (χ4v) is 1.86. The van der Waals surface area contributed by atoms with Crippen molar-refractivity contribution in [3.63, 3.8) is 0 Å². The van der Waals surface area contributed by atoms with Gasteiger partial charge in [-0.2, -0.15) is 5.26 Å². The largest absolute Gasteiger partial charge is 0.494 e. The zero-order valence-electron chi connectivity index (χ0n) is 9.34. The predicted molar refractivity (Wildman–Crippen MR) is 57.1 cm³/mol. The third kappa shape index (κ3) is 1.85. The Morgan fingerprint density at radius 2 is 2.06 bits per heavy atom.